The molecule has 0 heterocycles. The van der Waals surface area contributed by atoms with Gasteiger partial charge in [0.05, 0.1) is 0 Å². The van der Waals surface area contributed by atoms with E-state index in [1.807, 2.05) is 0 Å². The van der Waals surface area contributed by atoms with Gasteiger partial charge in [0.2, 0.25) is 5.82 Å². The van der Waals surface area contributed by atoms with Gasteiger partial charge in [-0.2, -0.15) is 26.3 Å². The van der Waals surface area contributed by atoms with Crippen LogP contribution in [0.1, 0.15) is 0 Å². The first kappa shape index (κ1) is 15.1. The predicted octanol–water partition coefficient (Wildman–Crippen LogP) is 4.30. The third kappa shape index (κ3) is 3.27. The molecular formula is C9H4BrF7O. The topological polar surface area (TPSA) is 9.23 Å². The highest BCUT2D eigenvalue weighted by atomic mass is 79.9. The van der Waals surface area contributed by atoms with Gasteiger partial charge in [-0.15, -0.1) is 0 Å². The van der Waals surface area contributed by atoms with Gasteiger partial charge in [0.1, 0.15) is 0 Å². The third-order valence-electron chi connectivity index (χ3n) is 1.78. The van der Waals surface area contributed by atoms with E-state index in [-0.39, 0.29) is 4.47 Å². The number of benzene rings is 1. The zero-order valence-electron chi connectivity index (χ0n) is 8.29. The van der Waals surface area contributed by atoms with Crippen molar-refractivity contribution >= 4 is 15.9 Å². The van der Waals surface area contributed by atoms with Gasteiger partial charge in [-0.1, -0.05) is 15.9 Å². The number of ether oxygens (including phenoxy) is 1. The first-order valence-corrected chi connectivity index (χ1v) is 5.06. The molecule has 0 bridgehead atoms. The molecule has 0 spiro atoms. The van der Waals surface area contributed by atoms with Gasteiger partial charge >= 0.3 is 12.1 Å². The minimum absolute atomic E-state index is 0.0632. The van der Waals surface area contributed by atoms with E-state index < -0.39 is 36.1 Å². The van der Waals surface area contributed by atoms with E-state index in [4.69, 9.17) is 0 Å². The van der Waals surface area contributed by atoms with E-state index in [1.54, 1.807) is 0 Å². The summed E-state index contributed by atoms with van der Waals surface area (Å²) < 4.78 is 90.0. The van der Waals surface area contributed by atoms with Crippen molar-refractivity contribution in [3.05, 3.63) is 28.2 Å². The Morgan fingerprint density at radius 2 is 1.61 bits per heavy atom. The molecule has 0 atom stereocenters. The summed E-state index contributed by atoms with van der Waals surface area (Å²) in [7, 11) is 0. The molecule has 0 aliphatic rings. The summed E-state index contributed by atoms with van der Waals surface area (Å²) in [5, 5.41) is 0. The normalized spacial score (nSPS) is 12.7. The fourth-order valence-electron chi connectivity index (χ4n) is 0.888. The standard InChI is InChI=1S/C9H4BrF7O/c10-4-1-5(11)7(12)6(2-4)18-3-8(13,14)9(15,16)17/h1-2H,3H2. The molecule has 18 heavy (non-hydrogen) atoms. The molecule has 0 aliphatic heterocycles. The Morgan fingerprint density at radius 3 is 2.11 bits per heavy atom. The van der Waals surface area contributed by atoms with Crippen LogP contribution in [0, 0.1) is 11.6 Å². The maximum absolute atomic E-state index is 13.0. The molecule has 0 saturated heterocycles. The number of hydrogen-bond donors (Lipinski definition) is 0. The minimum atomic E-state index is -5.83. The van der Waals surface area contributed by atoms with Crippen molar-refractivity contribution in [3.63, 3.8) is 0 Å². The zero-order valence-corrected chi connectivity index (χ0v) is 9.88. The molecule has 9 heteroatoms. The first-order valence-electron chi connectivity index (χ1n) is 4.26. The summed E-state index contributed by atoms with van der Waals surface area (Å²) in [5.74, 6) is -9.27. The van der Waals surface area contributed by atoms with Crippen LogP contribution in [0.4, 0.5) is 30.7 Å². The molecule has 1 aromatic rings. The van der Waals surface area contributed by atoms with Crippen molar-refractivity contribution in [1.82, 2.24) is 0 Å². The Labute approximate surface area is 105 Å². The van der Waals surface area contributed by atoms with Crippen molar-refractivity contribution in [2.45, 2.75) is 12.1 Å². The highest BCUT2D eigenvalue weighted by Crippen LogP contribution is 2.36. The number of hydrogen-bond acceptors (Lipinski definition) is 1. The predicted molar refractivity (Wildman–Crippen MR) is 50.6 cm³/mol. The lowest BCUT2D eigenvalue weighted by Crippen LogP contribution is -2.41. The molecule has 0 amide bonds. The SMILES string of the molecule is Fc1cc(Br)cc(OCC(F)(F)C(F)(F)F)c1F. The van der Waals surface area contributed by atoms with Gasteiger partial charge in [-0.3, -0.25) is 0 Å². The van der Waals surface area contributed by atoms with Crippen LogP contribution < -0.4 is 4.74 Å². The van der Waals surface area contributed by atoms with Gasteiger partial charge in [0, 0.05) is 4.47 Å². The monoisotopic (exact) mass is 340 g/mol. The van der Waals surface area contributed by atoms with E-state index in [9.17, 15) is 30.7 Å². The van der Waals surface area contributed by atoms with E-state index in [2.05, 4.69) is 20.7 Å². The average Bonchev–Trinajstić information content (AvgIpc) is 2.19. The summed E-state index contributed by atoms with van der Waals surface area (Å²) in [4.78, 5) is 0. The summed E-state index contributed by atoms with van der Waals surface area (Å²) in [6.45, 7) is -2.14. The Morgan fingerprint density at radius 1 is 1.06 bits per heavy atom. The fraction of sp³-hybridized carbons (Fsp3) is 0.333. The molecule has 0 unspecified atom stereocenters. The van der Waals surface area contributed by atoms with Crippen LogP contribution in [0.3, 0.4) is 0 Å². The van der Waals surface area contributed by atoms with Crippen LogP contribution >= 0.6 is 15.9 Å². The second-order valence-corrected chi connectivity index (χ2v) is 4.11. The third-order valence-corrected chi connectivity index (χ3v) is 2.24. The van der Waals surface area contributed by atoms with Gasteiger partial charge in [0.25, 0.3) is 0 Å². The molecule has 1 nitrogen and oxygen atoms in total. The highest BCUT2D eigenvalue weighted by Gasteiger charge is 2.58. The lowest BCUT2D eigenvalue weighted by Gasteiger charge is -2.20. The van der Waals surface area contributed by atoms with Crippen molar-refractivity contribution in [2.24, 2.45) is 0 Å². The minimum Gasteiger partial charge on any atom is -0.484 e. The van der Waals surface area contributed by atoms with E-state index >= 15 is 0 Å². The molecule has 0 N–H and O–H groups in total. The van der Waals surface area contributed by atoms with Crippen LogP contribution in [-0.4, -0.2) is 18.7 Å². The molecule has 0 aromatic heterocycles. The summed E-state index contributed by atoms with van der Waals surface area (Å²) in [5.41, 5.74) is 0. The summed E-state index contributed by atoms with van der Waals surface area (Å²) in [6, 6.07) is 1.41. The second kappa shape index (κ2) is 4.94. The van der Waals surface area contributed by atoms with E-state index in [1.165, 1.54) is 0 Å². The van der Waals surface area contributed by atoms with E-state index in [0.29, 0.717) is 6.07 Å². The quantitative estimate of drug-likeness (QED) is 0.588. The smallest absolute Gasteiger partial charge is 0.456 e. The summed E-state index contributed by atoms with van der Waals surface area (Å²) >= 11 is 2.71. The number of halogens is 8. The molecule has 1 aromatic carbocycles. The van der Waals surface area contributed by atoms with Crippen molar-refractivity contribution < 1.29 is 35.5 Å². The van der Waals surface area contributed by atoms with Crippen LogP contribution in [0.25, 0.3) is 0 Å². The van der Waals surface area contributed by atoms with Gasteiger partial charge in [-0.25, -0.2) is 4.39 Å². The van der Waals surface area contributed by atoms with Gasteiger partial charge < -0.3 is 4.74 Å². The molecule has 0 saturated carbocycles. The largest absolute Gasteiger partial charge is 0.484 e. The average molecular weight is 341 g/mol. The number of rotatable bonds is 3. The Kier molecular flexibility index (Phi) is 4.14. The Balaban J connectivity index is 2.88. The van der Waals surface area contributed by atoms with Gasteiger partial charge in [0.15, 0.2) is 18.2 Å². The maximum Gasteiger partial charge on any atom is 0.456 e. The van der Waals surface area contributed by atoms with Crippen molar-refractivity contribution in [3.8, 4) is 5.75 Å². The molecule has 102 valence electrons. The highest BCUT2D eigenvalue weighted by molar-refractivity contribution is 9.10. The molecule has 0 aliphatic carbocycles. The lowest BCUT2D eigenvalue weighted by atomic mass is 10.3. The lowest BCUT2D eigenvalue weighted by molar-refractivity contribution is -0.290. The molecule has 0 radical (unpaired) electrons. The van der Waals surface area contributed by atoms with Crippen LogP contribution in [0.2, 0.25) is 0 Å². The Bertz CT molecular complexity index is 443. The van der Waals surface area contributed by atoms with Crippen LogP contribution in [0.15, 0.2) is 16.6 Å². The fourth-order valence-corrected chi connectivity index (χ4v) is 1.30. The second-order valence-electron chi connectivity index (χ2n) is 3.19. The number of alkyl halides is 5. The maximum atomic E-state index is 13.0. The van der Waals surface area contributed by atoms with Crippen LogP contribution in [0.5, 0.6) is 5.75 Å². The first-order chi connectivity index (χ1) is 8.04. The zero-order chi connectivity index (χ0) is 14.1. The molecule has 1 rings (SSSR count). The van der Waals surface area contributed by atoms with Crippen molar-refractivity contribution in [1.29, 1.82) is 0 Å². The van der Waals surface area contributed by atoms with Gasteiger partial charge in [-0.05, 0) is 12.1 Å². The molecule has 0 fully saturated rings. The van der Waals surface area contributed by atoms with Crippen molar-refractivity contribution in [2.75, 3.05) is 6.61 Å². The van der Waals surface area contributed by atoms with Crippen LogP contribution in [-0.2, 0) is 0 Å². The summed E-state index contributed by atoms with van der Waals surface area (Å²) in [6.07, 6.45) is -5.83. The molecular weight excluding hydrogens is 337 g/mol. The van der Waals surface area contributed by atoms with E-state index in [0.717, 1.165) is 6.07 Å². The Hall–Kier alpha value is -0.990.